The number of amides is 1. The van der Waals surface area contributed by atoms with Crippen molar-refractivity contribution in [2.24, 2.45) is 0 Å². The summed E-state index contributed by atoms with van der Waals surface area (Å²) in [6.45, 7) is 0. The van der Waals surface area contributed by atoms with Gasteiger partial charge >= 0.3 is 5.97 Å². The maximum atomic E-state index is 12.1. The molecule has 1 saturated heterocycles. The van der Waals surface area contributed by atoms with E-state index in [0.29, 0.717) is 29.2 Å². The van der Waals surface area contributed by atoms with Crippen LogP contribution in [0.15, 0.2) is 24.3 Å². The smallest absolute Gasteiger partial charge is 0.330 e. The summed E-state index contributed by atoms with van der Waals surface area (Å²) in [5, 5.41) is 11.9. The van der Waals surface area contributed by atoms with Gasteiger partial charge in [-0.05, 0) is 36.4 Å². The van der Waals surface area contributed by atoms with Crippen molar-refractivity contribution in [3.05, 3.63) is 29.8 Å². The fourth-order valence-corrected chi connectivity index (χ4v) is 3.69. The highest BCUT2D eigenvalue weighted by Crippen LogP contribution is 2.28. The number of Topliss-reactive ketones (excluding diaryl/α,β-unsaturated/α-hetero) is 1. The second-order valence-electron chi connectivity index (χ2n) is 5.39. The fraction of sp³-hybridized carbons (Fsp3) is 0.438. The molecule has 1 atom stereocenters. The number of aliphatic carboxylic acids is 1. The Morgan fingerprint density at radius 2 is 1.96 bits per heavy atom. The van der Waals surface area contributed by atoms with Gasteiger partial charge in [0.2, 0.25) is 5.91 Å². The first-order chi connectivity index (χ1) is 11.0. The number of methoxy groups -OCH3 is 1. The van der Waals surface area contributed by atoms with Crippen LogP contribution < -0.4 is 10.1 Å². The summed E-state index contributed by atoms with van der Waals surface area (Å²) in [5.41, 5.74) is -0.687. The summed E-state index contributed by atoms with van der Waals surface area (Å²) in [6, 6.07) is 6.65. The third kappa shape index (κ3) is 4.25. The summed E-state index contributed by atoms with van der Waals surface area (Å²) >= 11 is 1.50. The number of ketones is 1. The SMILES string of the molecule is COc1ccc(C(=O)CCC(=O)NC2(C(=O)O)CCSC2)cc1. The molecule has 1 aliphatic rings. The number of carbonyl (C=O) groups excluding carboxylic acids is 2. The predicted molar refractivity (Wildman–Crippen MR) is 87.0 cm³/mol. The molecule has 0 bridgehead atoms. The molecule has 0 spiro atoms. The first-order valence-electron chi connectivity index (χ1n) is 7.26. The van der Waals surface area contributed by atoms with Crippen LogP contribution in [0, 0.1) is 0 Å². The van der Waals surface area contributed by atoms with E-state index in [1.54, 1.807) is 31.4 Å². The van der Waals surface area contributed by atoms with Crippen LogP contribution in [0.2, 0.25) is 0 Å². The highest BCUT2D eigenvalue weighted by molar-refractivity contribution is 7.99. The lowest BCUT2D eigenvalue weighted by Crippen LogP contribution is -2.54. The van der Waals surface area contributed by atoms with E-state index in [0.717, 1.165) is 0 Å². The van der Waals surface area contributed by atoms with Gasteiger partial charge in [-0.15, -0.1) is 0 Å². The minimum atomic E-state index is -1.19. The third-order valence-electron chi connectivity index (χ3n) is 3.80. The molecule has 1 unspecified atom stereocenters. The van der Waals surface area contributed by atoms with E-state index in [4.69, 9.17) is 4.74 Å². The van der Waals surface area contributed by atoms with Crippen LogP contribution in [-0.2, 0) is 9.59 Å². The largest absolute Gasteiger partial charge is 0.497 e. The van der Waals surface area contributed by atoms with Crippen molar-refractivity contribution >= 4 is 29.4 Å². The maximum Gasteiger partial charge on any atom is 0.330 e. The van der Waals surface area contributed by atoms with Gasteiger partial charge < -0.3 is 15.2 Å². The monoisotopic (exact) mass is 337 g/mol. The minimum Gasteiger partial charge on any atom is -0.497 e. The molecular weight excluding hydrogens is 318 g/mol. The Bertz CT molecular complexity index is 593. The Kier molecular flexibility index (Phi) is 5.65. The zero-order valence-corrected chi connectivity index (χ0v) is 13.6. The second kappa shape index (κ2) is 7.50. The van der Waals surface area contributed by atoms with Crippen LogP contribution in [0.5, 0.6) is 5.75 Å². The van der Waals surface area contributed by atoms with Gasteiger partial charge in [-0.25, -0.2) is 4.79 Å². The van der Waals surface area contributed by atoms with Gasteiger partial charge in [-0.2, -0.15) is 11.8 Å². The van der Waals surface area contributed by atoms with E-state index in [1.807, 2.05) is 0 Å². The number of rotatable bonds is 7. The van der Waals surface area contributed by atoms with Crippen LogP contribution in [0.4, 0.5) is 0 Å². The van der Waals surface area contributed by atoms with Crippen molar-refractivity contribution in [2.45, 2.75) is 24.8 Å². The van der Waals surface area contributed by atoms with Gasteiger partial charge in [-0.3, -0.25) is 9.59 Å². The van der Waals surface area contributed by atoms with Crippen LogP contribution >= 0.6 is 11.8 Å². The van der Waals surface area contributed by atoms with E-state index in [1.165, 1.54) is 11.8 Å². The molecular formula is C16H19NO5S. The molecule has 2 rings (SSSR count). The van der Waals surface area contributed by atoms with Crippen LogP contribution in [0.1, 0.15) is 29.6 Å². The lowest BCUT2D eigenvalue weighted by Gasteiger charge is -2.24. The van der Waals surface area contributed by atoms with Gasteiger partial charge in [-0.1, -0.05) is 0 Å². The Hall–Kier alpha value is -2.02. The number of ether oxygens (including phenoxy) is 1. The number of carboxylic acid groups (broad SMARTS) is 1. The van der Waals surface area contributed by atoms with Gasteiger partial charge in [0.25, 0.3) is 0 Å². The van der Waals surface area contributed by atoms with Crippen molar-refractivity contribution in [3.63, 3.8) is 0 Å². The lowest BCUT2D eigenvalue weighted by molar-refractivity contribution is -0.146. The Morgan fingerprint density at radius 3 is 2.48 bits per heavy atom. The third-order valence-corrected chi connectivity index (χ3v) is 4.99. The van der Waals surface area contributed by atoms with Gasteiger partial charge in [0.15, 0.2) is 5.78 Å². The van der Waals surface area contributed by atoms with E-state index in [2.05, 4.69) is 5.32 Å². The number of hydrogen-bond donors (Lipinski definition) is 2. The molecule has 0 aromatic heterocycles. The van der Waals surface area contributed by atoms with Gasteiger partial charge in [0.05, 0.1) is 7.11 Å². The van der Waals surface area contributed by atoms with Crippen LogP contribution in [-0.4, -0.2) is 46.9 Å². The summed E-state index contributed by atoms with van der Waals surface area (Å²) in [5.74, 6) is 0.140. The Morgan fingerprint density at radius 1 is 1.26 bits per heavy atom. The highest BCUT2D eigenvalue weighted by atomic mass is 32.2. The Balaban J connectivity index is 1.88. The minimum absolute atomic E-state index is 0.0233. The fourth-order valence-electron chi connectivity index (χ4n) is 2.36. The average molecular weight is 337 g/mol. The molecule has 0 radical (unpaired) electrons. The maximum absolute atomic E-state index is 12.1. The standard InChI is InChI=1S/C16H19NO5S/c1-22-12-4-2-11(3-5-12)13(18)6-7-14(19)17-16(15(20)21)8-9-23-10-16/h2-5H,6-10H2,1H3,(H,17,19)(H,20,21). The molecule has 1 aliphatic heterocycles. The normalized spacial score (nSPS) is 20.0. The highest BCUT2D eigenvalue weighted by Gasteiger charge is 2.43. The van der Waals surface area contributed by atoms with Gasteiger partial charge in [0.1, 0.15) is 11.3 Å². The first-order valence-corrected chi connectivity index (χ1v) is 8.42. The molecule has 0 saturated carbocycles. The van der Waals surface area contributed by atoms with Crippen molar-refractivity contribution in [1.82, 2.24) is 5.32 Å². The van der Waals surface area contributed by atoms with Crippen LogP contribution in [0.3, 0.4) is 0 Å². The molecule has 1 heterocycles. The second-order valence-corrected chi connectivity index (χ2v) is 6.49. The summed E-state index contributed by atoms with van der Waals surface area (Å²) in [7, 11) is 1.54. The quantitative estimate of drug-likeness (QED) is 0.736. The molecule has 1 aromatic carbocycles. The lowest BCUT2D eigenvalue weighted by atomic mass is 9.98. The molecule has 7 heteroatoms. The summed E-state index contributed by atoms with van der Waals surface area (Å²) < 4.78 is 5.02. The molecule has 6 nitrogen and oxygen atoms in total. The number of carboxylic acids is 1. The van der Waals surface area contributed by atoms with E-state index >= 15 is 0 Å². The number of benzene rings is 1. The predicted octanol–water partition coefficient (Wildman–Crippen LogP) is 1.73. The van der Waals surface area contributed by atoms with Gasteiger partial charge in [0, 0.05) is 24.2 Å². The summed E-state index contributed by atoms with van der Waals surface area (Å²) in [6.07, 6.45) is 0.427. The van der Waals surface area contributed by atoms with E-state index < -0.39 is 17.4 Å². The molecule has 23 heavy (non-hydrogen) atoms. The molecule has 2 N–H and O–H groups in total. The van der Waals surface area contributed by atoms with Crippen LogP contribution in [0.25, 0.3) is 0 Å². The molecule has 124 valence electrons. The van der Waals surface area contributed by atoms with Crippen molar-refractivity contribution in [3.8, 4) is 5.75 Å². The molecule has 0 aliphatic carbocycles. The van der Waals surface area contributed by atoms with Crippen molar-refractivity contribution in [1.29, 1.82) is 0 Å². The van der Waals surface area contributed by atoms with E-state index in [9.17, 15) is 19.5 Å². The number of carbonyl (C=O) groups is 3. The average Bonchev–Trinajstić information content (AvgIpc) is 3.02. The zero-order chi connectivity index (χ0) is 16.9. The molecule has 1 aromatic rings. The van der Waals surface area contributed by atoms with Crippen molar-refractivity contribution < 1.29 is 24.2 Å². The first kappa shape index (κ1) is 17.3. The number of nitrogens with one attached hydrogen (secondary N) is 1. The van der Waals surface area contributed by atoms with Crippen molar-refractivity contribution in [2.75, 3.05) is 18.6 Å². The Labute approximate surface area is 138 Å². The summed E-state index contributed by atoms with van der Waals surface area (Å²) in [4.78, 5) is 35.4. The van der Waals surface area contributed by atoms with E-state index in [-0.39, 0.29) is 18.6 Å². The topological polar surface area (TPSA) is 92.7 Å². The number of thioether (sulfide) groups is 1. The molecule has 1 amide bonds. The molecule has 1 fully saturated rings. The number of hydrogen-bond acceptors (Lipinski definition) is 5. The zero-order valence-electron chi connectivity index (χ0n) is 12.8.